The zero-order valence-electron chi connectivity index (χ0n) is 9.84. The minimum Gasteiger partial charge on any atom is -0.381 e. The molecule has 0 saturated heterocycles. The van der Waals surface area contributed by atoms with Crippen molar-refractivity contribution in [3.8, 4) is 0 Å². The van der Waals surface area contributed by atoms with E-state index in [0.717, 1.165) is 13.1 Å². The lowest BCUT2D eigenvalue weighted by Gasteiger charge is -2.08. The van der Waals surface area contributed by atoms with Crippen LogP contribution in [0.4, 0.5) is 0 Å². The van der Waals surface area contributed by atoms with E-state index >= 15 is 0 Å². The van der Waals surface area contributed by atoms with Gasteiger partial charge in [0, 0.05) is 13.6 Å². The van der Waals surface area contributed by atoms with Gasteiger partial charge in [-0.25, -0.2) is 0 Å². The first kappa shape index (κ1) is 13.5. The number of hydrogen-bond donors (Lipinski definition) is 1. The Balaban J connectivity index is 3.09. The highest BCUT2D eigenvalue weighted by atomic mass is 15.1. The van der Waals surface area contributed by atoms with E-state index < -0.39 is 0 Å². The maximum atomic E-state index is 5.42. The summed E-state index contributed by atoms with van der Waals surface area (Å²) in [7, 11) is 2.11. The fraction of sp³-hybridized carbons (Fsp3) is 0.833. The van der Waals surface area contributed by atoms with Crippen molar-refractivity contribution in [1.29, 1.82) is 0 Å². The molecule has 0 atom stereocenters. The Hall–Kier alpha value is -0.500. The van der Waals surface area contributed by atoms with Crippen molar-refractivity contribution >= 4 is 0 Å². The summed E-state index contributed by atoms with van der Waals surface area (Å²) >= 11 is 0. The van der Waals surface area contributed by atoms with Gasteiger partial charge >= 0.3 is 0 Å². The molecule has 0 amide bonds. The fourth-order valence-corrected chi connectivity index (χ4v) is 1.30. The fourth-order valence-electron chi connectivity index (χ4n) is 1.30. The second kappa shape index (κ2) is 10.6. The highest BCUT2D eigenvalue weighted by Gasteiger charge is 1.88. The van der Waals surface area contributed by atoms with Crippen LogP contribution in [0.2, 0.25) is 0 Å². The predicted octanol–water partition coefficient (Wildman–Crippen LogP) is 2.75. The highest BCUT2D eigenvalue weighted by molar-refractivity contribution is 4.79. The molecule has 0 aromatic heterocycles. The van der Waals surface area contributed by atoms with E-state index in [2.05, 4.69) is 31.1 Å². The number of allylic oxidation sites excluding steroid dienone is 1. The number of nitrogens with two attached hydrogens (primary N) is 1. The molecule has 0 unspecified atom stereocenters. The first-order valence-electron chi connectivity index (χ1n) is 5.88. The third-order valence-corrected chi connectivity index (χ3v) is 2.43. The van der Waals surface area contributed by atoms with Crippen molar-refractivity contribution in [2.75, 3.05) is 20.1 Å². The van der Waals surface area contributed by atoms with Crippen LogP contribution >= 0.6 is 0 Å². The van der Waals surface area contributed by atoms with E-state index in [1.54, 1.807) is 0 Å². The summed E-state index contributed by atoms with van der Waals surface area (Å²) < 4.78 is 0. The summed E-state index contributed by atoms with van der Waals surface area (Å²) in [5.41, 5.74) is 5.42. The van der Waals surface area contributed by atoms with Gasteiger partial charge in [-0.3, -0.25) is 0 Å². The Morgan fingerprint density at radius 3 is 2.36 bits per heavy atom. The molecule has 0 aliphatic rings. The largest absolute Gasteiger partial charge is 0.381 e. The normalized spacial score (nSPS) is 11.1. The van der Waals surface area contributed by atoms with Crippen LogP contribution in [-0.4, -0.2) is 25.0 Å². The molecule has 0 radical (unpaired) electrons. The van der Waals surface area contributed by atoms with Crippen molar-refractivity contribution in [1.82, 2.24) is 4.90 Å². The molecule has 0 rings (SSSR count). The van der Waals surface area contributed by atoms with Crippen molar-refractivity contribution in [3.05, 3.63) is 12.3 Å². The van der Waals surface area contributed by atoms with Crippen LogP contribution in [0.3, 0.4) is 0 Å². The van der Waals surface area contributed by atoms with Crippen LogP contribution in [0.15, 0.2) is 12.3 Å². The molecule has 0 aromatic carbocycles. The Morgan fingerprint density at radius 1 is 1.07 bits per heavy atom. The number of unbranched alkanes of at least 4 members (excludes halogenated alkanes) is 5. The van der Waals surface area contributed by atoms with Crippen LogP contribution in [0.1, 0.15) is 45.4 Å². The lowest BCUT2D eigenvalue weighted by molar-refractivity contribution is 0.481. The molecule has 2 heteroatoms. The summed E-state index contributed by atoms with van der Waals surface area (Å²) in [6.07, 6.45) is 12.2. The molecule has 0 aliphatic carbocycles. The zero-order chi connectivity index (χ0) is 10.6. The molecule has 2 N–H and O–H groups in total. The van der Waals surface area contributed by atoms with Gasteiger partial charge in [-0.15, -0.1) is 0 Å². The van der Waals surface area contributed by atoms with E-state index in [9.17, 15) is 0 Å². The minimum atomic E-state index is 0.848. The Bertz CT molecular complexity index is 132. The summed E-state index contributed by atoms with van der Waals surface area (Å²) in [5.74, 6) is 0. The third kappa shape index (κ3) is 9.59. The van der Waals surface area contributed by atoms with Crippen LogP contribution < -0.4 is 5.73 Å². The molecule has 0 spiro atoms. The zero-order valence-corrected chi connectivity index (χ0v) is 9.84. The molecule has 0 fully saturated rings. The van der Waals surface area contributed by atoms with Gasteiger partial charge in [-0.1, -0.05) is 25.3 Å². The van der Waals surface area contributed by atoms with Crippen molar-refractivity contribution in [2.24, 2.45) is 5.73 Å². The van der Waals surface area contributed by atoms with Gasteiger partial charge in [0.15, 0.2) is 0 Å². The van der Waals surface area contributed by atoms with Gasteiger partial charge < -0.3 is 10.6 Å². The van der Waals surface area contributed by atoms with Gasteiger partial charge in [-0.05, 0) is 38.9 Å². The van der Waals surface area contributed by atoms with Crippen LogP contribution in [0, 0.1) is 0 Å². The molecule has 0 bridgehead atoms. The van der Waals surface area contributed by atoms with E-state index in [-0.39, 0.29) is 0 Å². The van der Waals surface area contributed by atoms with Crippen molar-refractivity contribution < 1.29 is 0 Å². The lowest BCUT2D eigenvalue weighted by atomic mass is 10.1. The van der Waals surface area contributed by atoms with Crippen LogP contribution in [0.25, 0.3) is 0 Å². The molecule has 84 valence electrons. The molecule has 0 aliphatic heterocycles. The maximum Gasteiger partial charge on any atom is 0.0140 e. The van der Waals surface area contributed by atoms with E-state index in [4.69, 9.17) is 5.73 Å². The first-order chi connectivity index (χ1) is 6.81. The summed E-state index contributed by atoms with van der Waals surface area (Å²) in [6.45, 7) is 4.10. The van der Waals surface area contributed by atoms with Gasteiger partial charge in [-0.2, -0.15) is 0 Å². The molecule has 0 heterocycles. The van der Waals surface area contributed by atoms with Crippen molar-refractivity contribution in [3.63, 3.8) is 0 Å². The van der Waals surface area contributed by atoms with E-state index in [1.807, 2.05) is 0 Å². The molecule has 2 nitrogen and oxygen atoms in total. The Kier molecular flexibility index (Phi) is 10.2. The average molecular weight is 198 g/mol. The minimum absolute atomic E-state index is 0.848. The predicted molar refractivity (Wildman–Crippen MR) is 64.2 cm³/mol. The Morgan fingerprint density at radius 2 is 1.71 bits per heavy atom. The maximum absolute atomic E-state index is 5.42. The molecular weight excluding hydrogens is 172 g/mol. The lowest BCUT2D eigenvalue weighted by Crippen LogP contribution is -2.08. The van der Waals surface area contributed by atoms with Gasteiger partial charge in [0.25, 0.3) is 0 Å². The van der Waals surface area contributed by atoms with E-state index in [1.165, 1.54) is 38.5 Å². The topological polar surface area (TPSA) is 29.3 Å². The SMILES string of the molecule is CCN(C)/C=C\CCCCCCCN. The second-order valence-corrected chi connectivity index (χ2v) is 3.80. The molecular formula is C12H26N2. The summed E-state index contributed by atoms with van der Waals surface area (Å²) in [6, 6.07) is 0. The molecule has 0 aromatic rings. The smallest absolute Gasteiger partial charge is 0.0140 e. The monoisotopic (exact) mass is 198 g/mol. The molecule has 14 heavy (non-hydrogen) atoms. The second-order valence-electron chi connectivity index (χ2n) is 3.80. The van der Waals surface area contributed by atoms with Gasteiger partial charge in [0.2, 0.25) is 0 Å². The van der Waals surface area contributed by atoms with Gasteiger partial charge in [0.1, 0.15) is 0 Å². The summed E-state index contributed by atoms with van der Waals surface area (Å²) in [4.78, 5) is 2.20. The summed E-state index contributed by atoms with van der Waals surface area (Å²) in [5, 5.41) is 0. The number of rotatable bonds is 9. The number of nitrogens with zero attached hydrogens (tertiary/aromatic N) is 1. The third-order valence-electron chi connectivity index (χ3n) is 2.43. The quantitative estimate of drug-likeness (QED) is 0.577. The van der Waals surface area contributed by atoms with Gasteiger partial charge in [0.05, 0.1) is 0 Å². The van der Waals surface area contributed by atoms with Crippen LogP contribution in [0.5, 0.6) is 0 Å². The van der Waals surface area contributed by atoms with E-state index in [0.29, 0.717) is 0 Å². The van der Waals surface area contributed by atoms with Crippen molar-refractivity contribution in [2.45, 2.75) is 45.4 Å². The first-order valence-corrected chi connectivity index (χ1v) is 5.88. The Labute approximate surface area is 89.2 Å². The standard InChI is InChI=1S/C12H26N2/c1-3-14(2)12-10-8-6-4-5-7-9-11-13/h10,12H,3-9,11,13H2,1-2H3/b12-10-. The molecule has 0 saturated carbocycles. The number of hydrogen-bond acceptors (Lipinski definition) is 2. The highest BCUT2D eigenvalue weighted by Crippen LogP contribution is 2.05. The average Bonchev–Trinajstić information content (AvgIpc) is 2.21. The van der Waals surface area contributed by atoms with Crippen LogP contribution in [-0.2, 0) is 0 Å².